The number of para-hydroxylation sites is 1. The van der Waals surface area contributed by atoms with Gasteiger partial charge in [0.25, 0.3) is 5.91 Å². The molecule has 74 valence electrons. The molecule has 0 fully saturated rings. The Labute approximate surface area is 87.3 Å². The predicted octanol–water partition coefficient (Wildman–Crippen LogP) is 1.46. The summed E-state index contributed by atoms with van der Waals surface area (Å²) in [4.78, 5) is 23.7. The van der Waals surface area contributed by atoms with Crippen molar-refractivity contribution in [2.75, 3.05) is 17.8 Å². The van der Waals surface area contributed by atoms with Crippen LogP contribution in [0.1, 0.15) is 0 Å². The van der Waals surface area contributed by atoms with Gasteiger partial charge in [0.15, 0.2) is 0 Å². The molecule has 1 aromatic rings. The summed E-state index contributed by atoms with van der Waals surface area (Å²) in [6.45, 7) is 0. The molecule has 1 rings (SSSR count). The second-order valence-electron chi connectivity index (χ2n) is 2.76. The fourth-order valence-electron chi connectivity index (χ4n) is 1.01. The molecule has 0 atom stereocenters. The molecule has 0 aliphatic carbocycles. The van der Waals surface area contributed by atoms with Crippen molar-refractivity contribution in [1.29, 1.82) is 0 Å². The van der Waals surface area contributed by atoms with Gasteiger partial charge in [-0.3, -0.25) is 9.59 Å². The third-order valence-electron chi connectivity index (χ3n) is 1.81. The predicted molar refractivity (Wildman–Crippen MR) is 55.6 cm³/mol. The first-order valence-corrected chi connectivity index (χ1v) is 4.62. The number of likely N-dealkylation sites (N-methyl/N-ethyl adjacent to an activating group) is 1. The summed E-state index contributed by atoms with van der Waals surface area (Å²) in [5.74, 6) is -1.47. The van der Waals surface area contributed by atoms with Crippen molar-refractivity contribution < 1.29 is 9.59 Å². The van der Waals surface area contributed by atoms with Crippen LogP contribution in [-0.4, -0.2) is 24.6 Å². The first kappa shape index (κ1) is 10.7. The molecule has 4 heteroatoms. The number of nitrogens with zero attached hydrogens (tertiary/aromatic N) is 1. The molecule has 0 unspecified atom stereocenters. The minimum atomic E-state index is -0.599. The average Bonchev–Trinajstić information content (AvgIpc) is 2.27. The highest BCUT2D eigenvalue weighted by Gasteiger charge is 2.17. The van der Waals surface area contributed by atoms with Gasteiger partial charge in [-0.1, -0.05) is 18.2 Å². The largest absolute Gasteiger partial charge is 0.309 e. The Balaban J connectivity index is 2.81. The van der Waals surface area contributed by atoms with Crippen LogP contribution in [0.25, 0.3) is 0 Å². The van der Waals surface area contributed by atoms with E-state index in [1.165, 1.54) is 4.90 Å². The van der Waals surface area contributed by atoms with Gasteiger partial charge in [0.1, 0.15) is 0 Å². The van der Waals surface area contributed by atoms with Crippen molar-refractivity contribution in [3.63, 3.8) is 0 Å². The SMILES string of the molecule is CN(C(=O)C(=O)CCl)c1ccccc1. The number of halogens is 1. The molecule has 1 aromatic carbocycles. The lowest BCUT2D eigenvalue weighted by molar-refractivity contribution is -0.134. The number of alkyl halides is 1. The smallest absolute Gasteiger partial charge is 0.295 e. The lowest BCUT2D eigenvalue weighted by Crippen LogP contribution is -2.33. The monoisotopic (exact) mass is 211 g/mol. The van der Waals surface area contributed by atoms with Crippen LogP contribution in [-0.2, 0) is 9.59 Å². The second-order valence-corrected chi connectivity index (χ2v) is 3.02. The summed E-state index contributed by atoms with van der Waals surface area (Å²) in [6, 6.07) is 8.93. The van der Waals surface area contributed by atoms with Gasteiger partial charge in [0.05, 0.1) is 5.88 Å². The number of amides is 1. The number of anilines is 1. The second kappa shape index (κ2) is 4.77. The summed E-state index contributed by atoms with van der Waals surface area (Å²) in [5, 5.41) is 0. The number of carbonyl (C=O) groups is 2. The van der Waals surface area contributed by atoms with Crippen LogP contribution in [0.2, 0.25) is 0 Å². The number of hydrogen-bond acceptors (Lipinski definition) is 2. The Hall–Kier alpha value is -1.35. The van der Waals surface area contributed by atoms with Crippen molar-refractivity contribution in [3.8, 4) is 0 Å². The van der Waals surface area contributed by atoms with Gasteiger partial charge in [-0.2, -0.15) is 0 Å². The fourth-order valence-corrected chi connectivity index (χ4v) is 1.13. The van der Waals surface area contributed by atoms with Crippen LogP contribution < -0.4 is 4.90 Å². The number of rotatable bonds is 3. The molecular weight excluding hydrogens is 202 g/mol. The van der Waals surface area contributed by atoms with Crippen molar-refractivity contribution in [1.82, 2.24) is 0 Å². The van der Waals surface area contributed by atoms with E-state index in [1.54, 1.807) is 31.3 Å². The van der Waals surface area contributed by atoms with Crippen molar-refractivity contribution in [2.24, 2.45) is 0 Å². The zero-order valence-electron chi connectivity index (χ0n) is 7.74. The van der Waals surface area contributed by atoms with Gasteiger partial charge in [-0.25, -0.2) is 0 Å². The zero-order valence-corrected chi connectivity index (χ0v) is 8.49. The molecule has 0 saturated heterocycles. The summed E-state index contributed by atoms with van der Waals surface area (Å²) >= 11 is 5.28. The summed E-state index contributed by atoms with van der Waals surface area (Å²) in [7, 11) is 1.54. The average molecular weight is 212 g/mol. The molecule has 0 aliphatic rings. The van der Waals surface area contributed by atoms with Crippen LogP contribution in [0, 0.1) is 0 Å². The van der Waals surface area contributed by atoms with Crippen molar-refractivity contribution >= 4 is 29.0 Å². The minimum Gasteiger partial charge on any atom is -0.309 e. The van der Waals surface area contributed by atoms with Crippen LogP contribution in [0.5, 0.6) is 0 Å². The lowest BCUT2D eigenvalue weighted by Gasteiger charge is -2.15. The van der Waals surface area contributed by atoms with Gasteiger partial charge in [-0.05, 0) is 12.1 Å². The minimum absolute atomic E-state index is 0.282. The van der Waals surface area contributed by atoms with E-state index in [1.807, 2.05) is 6.07 Å². The number of benzene rings is 1. The quantitative estimate of drug-likeness (QED) is 0.561. The first-order valence-electron chi connectivity index (χ1n) is 4.08. The highest BCUT2D eigenvalue weighted by Crippen LogP contribution is 2.11. The van der Waals surface area contributed by atoms with E-state index in [9.17, 15) is 9.59 Å². The maximum Gasteiger partial charge on any atom is 0.295 e. The van der Waals surface area contributed by atoms with E-state index in [-0.39, 0.29) is 5.88 Å². The van der Waals surface area contributed by atoms with Gasteiger partial charge < -0.3 is 4.90 Å². The lowest BCUT2D eigenvalue weighted by atomic mass is 10.3. The molecule has 0 bridgehead atoms. The number of Topliss-reactive ketones (excluding diaryl/α,β-unsaturated/α-hetero) is 1. The molecular formula is C10H10ClNO2. The van der Waals surface area contributed by atoms with E-state index < -0.39 is 11.7 Å². The Morgan fingerprint density at radius 3 is 2.36 bits per heavy atom. The van der Waals surface area contributed by atoms with Crippen LogP contribution >= 0.6 is 11.6 Å². The summed E-state index contributed by atoms with van der Waals surface area (Å²) < 4.78 is 0. The highest BCUT2D eigenvalue weighted by atomic mass is 35.5. The van der Waals surface area contributed by atoms with E-state index in [0.717, 1.165) is 0 Å². The van der Waals surface area contributed by atoms with E-state index in [4.69, 9.17) is 11.6 Å². The third kappa shape index (κ3) is 2.33. The van der Waals surface area contributed by atoms with Gasteiger partial charge >= 0.3 is 0 Å². The molecule has 0 radical (unpaired) electrons. The van der Waals surface area contributed by atoms with Gasteiger partial charge in [-0.15, -0.1) is 11.6 Å². The van der Waals surface area contributed by atoms with Gasteiger partial charge in [0, 0.05) is 12.7 Å². The van der Waals surface area contributed by atoms with Crippen LogP contribution in [0.15, 0.2) is 30.3 Å². The van der Waals surface area contributed by atoms with Crippen LogP contribution in [0.4, 0.5) is 5.69 Å². The Morgan fingerprint density at radius 1 is 1.29 bits per heavy atom. The van der Waals surface area contributed by atoms with Crippen molar-refractivity contribution in [2.45, 2.75) is 0 Å². The Kier molecular flexibility index (Phi) is 3.65. The molecule has 0 saturated carbocycles. The maximum atomic E-state index is 11.4. The van der Waals surface area contributed by atoms with E-state index in [2.05, 4.69) is 0 Å². The molecule has 14 heavy (non-hydrogen) atoms. The summed E-state index contributed by atoms with van der Waals surface area (Å²) in [6.07, 6.45) is 0. The normalized spacial score (nSPS) is 9.57. The van der Waals surface area contributed by atoms with E-state index >= 15 is 0 Å². The topological polar surface area (TPSA) is 37.4 Å². The Morgan fingerprint density at radius 2 is 1.86 bits per heavy atom. The standard InChI is InChI=1S/C10H10ClNO2/c1-12(10(14)9(13)7-11)8-5-3-2-4-6-8/h2-6H,7H2,1H3. The molecule has 0 N–H and O–H groups in total. The third-order valence-corrected chi connectivity index (χ3v) is 2.05. The van der Waals surface area contributed by atoms with Crippen molar-refractivity contribution in [3.05, 3.63) is 30.3 Å². The maximum absolute atomic E-state index is 11.4. The van der Waals surface area contributed by atoms with Crippen LogP contribution in [0.3, 0.4) is 0 Å². The van der Waals surface area contributed by atoms with Gasteiger partial charge in [0.2, 0.25) is 5.78 Å². The molecule has 0 aromatic heterocycles. The molecule has 0 spiro atoms. The fraction of sp³-hybridized carbons (Fsp3) is 0.200. The summed E-state index contributed by atoms with van der Waals surface area (Å²) in [5.41, 5.74) is 0.677. The molecule has 0 aliphatic heterocycles. The zero-order chi connectivity index (χ0) is 10.6. The first-order chi connectivity index (χ1) is 6.66. The number of ketones is 1. The highest BCUT2D eigenvalue weighted by molar-refractivity contribution is 6.49. The number of hydrogen-bond donors (Lipinski definition) is 0. The van der Waals surface area contributed by atoms with E-state index in [0.29, 0.717) is 5.69 Å². The molecule has 0 heterocycles. The number of carbonyl (C=O) groups excluding carboxylic acids is 2. The molecule has 1 amide bonds. The Bertz CT molecular complexity index is 337. The molecule has 3 nitrogen and oxygen atoms in total.